The first-order valence-corrected chi connectivity index (χ1v) is 6.32. The number of nitrogens with zero attached hydrogens (tertiary/aromatic N) is 1. The van der Waals surface area contributed by atoms with Gasteiger partial charge < -0.3 is 5.73 Å². The fourth-order valence-electron chi connectivity index (χ4n) is 1.52. The second kappa shape index (κ2) is 7.28. The molecule has 0 saturated heterocycles. The molecule has 108 valence electrons. The lowest BCUT2D eigenvalue weighted by Crippen LogP contribution is -2.27. The Morgan fingerprint density at radius 3 is 2.33 bits per heavy atom. The SMILES string of the molecule is CC.[B]c1ccc(C(=O)Nn2cc(F)cc2C(N)=O)cc1. The molecule has 0 aliphatic carbocycles. The molecule has 3 N–H and O–H groups in total. The van der Waals surface area contributed by atoms with E-state index < -0.39 is 17.6 Å². The molecule has 21 heavy (non-hydrogen) atoms. The maximum atomic E-state index is 13.1. The molecule has 0 saturated carbocycles. The highest BCUT2D eigenvalue weighted by Crippen LogP contribution is 2.06. The van der Waals surface area contributed by atoms with Gasteiger partial charge in [0.15, 0.2) is 0 Å². The van der Waals surface area contributed by atoms with Crippen LogP contribution in [-0.2, 0) is 0 Å². The first-order valence-electron chi connectivity index (χ1n) is 6.32. The van der Waals surface area contributed by atoms with Gasteiger partial charge >= 0.3 is 0 Å². The maximum absolute atomic E-state index is 13.1. The van der Waals surface area contributed by atoms with Crippen LogP contribution in [-0.4, -0.2) is 24.3 Å². The van der Waals surface area contributed by atoms with Gasteiger partial charge in [0.2, 0.25) is 0 Å². The highest BCUT2D eigenvalue weighted by molar-refractivity contribution is 6.32. The van der Waals surface area contributed by atoms with Crippen LogP contribution in [0, 0.1) is 5.82 Å². The molecular formula is C14H15BFN3O2. The standard InChI is InChI=1S/C12H9BFN3O2.C2H6/c13-8-3-1-7(2-4-8)12(19)16-17-6-9(14)5-10(17)11(15)18;1-2/h1-6H,(H2,15,18)(H,16,19);1-2H3. The molecule has 2 amide bonds. The number of nitrogens with one attached hydrogen (secondary N) is 1. The van der Waals surface area contributed by atoms with Crippen LogP contribution in [0.25, 0.3) is 0 Å². The van der Waals surface area contributed by atoms with Crippen molar-refractivity contribution in [3.8, 4) is 0 Å². The molecule has 0 aliphatic rings. The predicted molar refractivity (Wildman–Crippen MR) is 79.8 cm³/mol. The molecule has 0 aliphatic heterocycles. The molecule has 0 spiro atoms. The van der Waals surface area contributed by atoms with Crippen molar-refractivity contribution in [3.63, 3.8) is 0 Å². The summed E-state index contributed by atoms with van der Waals surface area (Å²) in [5.74, 6) is -2.04. The van der Waals surface area contributed by atoms with Crippen LogP contribution >= 0.6 is 0 Å². The van der Waals surface area contributed by atoms with Crippen LogP contribution in [0.5, 0.6) is 0 Å². The number of carbonyl (C=O) groups excluding carboxylic acids is 2. The second-order valence-corrected chi connectivity index (χ2v) is 3.84. The molecule has 5 nitrogen and oxygen atoms in total. The van der Waals surface area contributed by atoms with E-state index >= 15 is 0 Å². The molecule has 7 heteroatoms. The third kappa shape index (κ3) is 4.20. The Morgan fingerprint density at radius 2 is 1.81 bits per heavy atom. The Balaban J connectivity index is 0.00000106. The lowest BCUT2D eigenvalue weighted by Gasteiger charge is -2.08. The van der Waals surface area contributed by atoms with Crippen molar-refractivity contribution < 1.29 is 14.0 Å². The highest BCUT2D eigenvalue weighted by atomic mass is 19.1. The highest BCUT2D eigenvalue weighted by Gasteiger charge is 2.13. The van der Waals surface area contributed by atoms with Gasteiger partial charge in [0.25, 0.3) is 11.8 Å². The zero-order valence-electron chi connectivity index (χ0n) is 11.8. The van der Waals surface area contributed by atoms with Crippen molar-refractivity contribution in [2.24, 2.45) is 5.73 Å². The summed E-state index contributed by atoms with van der Waals surface area (Å²) in [6, 6.07) is 7.06. The van der Waals surface area contributed by atoms with E-state index in [2.05, 4.69) is 5.43 Å². The quantitative estimate of drug-likeness (QED) is 0.824. The minimum Gasteiger partial charge on any atom is -0.364 e. The summed E-state index contributed by atoms with van der Waals surface area (Å²) < 4.78 is 14.0. The first kappa shape index (κ1) is 16.5. The van der Waals surface area contributed by atoms with E-state index in [4.69, 9.17) is 13.6 Å². The number of hydrogen-bond donors (Lipinski definition) is 2. The van der Waals surface area contributed by atoms with Gasteiger partial charge in [-0.1, -0.05) is 31.4 Å². The van der Waals surface area contributed by atoms with E-state index in [1.807, 2.05) is 13.8 Å². The van der Waals surface area contributed by atoms with Gasteiger partial charge in [-0.3, -0.25) is 19.7 Å². The average molecular weight is 287 g/mol. The minimum atomic E-state index is -0.846. The van der Waals surface area contributed by atoms with E-state index in [0.29, 0.717) is 11.0 Å². The molecule has 0 unspecified atom stereocenters. The zero-order chi connectivity index (χ0) is 16.0. The topological polar surface area (TPSA) is 77.1 Å². The van der Waals surface area contributed by atoms with Crippen LogP contribution in [0.15, 0.2) is 36.5 Å². The second-order valence-electron chi connectivity index (χ2n) is 3.84. The molecule has 0 bridgehead atoms. The molecular weight excluding hydrogens is 272 g/mol. The van der Waals surface area contributed by atoms with Gasteiger partial charge in [0.1, 0.15) is 19.4 Å². The number of halogens is 1. The van der Waals surface area contributed by atoms with Crippen LogP contribution < -0.4 is 16.6 Å². The lowest BCUT2D eigenvalue weighted by atomic mass is 9.95. The summed E-state index contributed by atoms with van der Waals surface area (Å²) in [7, 11) is 5.50. The van der Waals surface area contributed by atoms with E-state index in [1.54, 1.807) is 12.1 Å². The Bertz CT molecular complexity index is 638. The lowest BCUT2D eigenvalue weighted by molar-refractivity contribution is 0.0988. The van der Waals surface area contributed by atoms with Crippen molar-refractivity contribution >= 4 is 25.1 Å². The van der Waals surface area contributed by atoms with Gasteiger partial charge in [0, 0.05) is 11.6 Å². The van der Waals surface area contributed by atoms with Crippen LogP contribution in [0.4, 0.5) is 4.39 Å². The fraction of sp³-hybridized carbons (Fsp3) is 0.143. The normalized spacial score (nSPS) is 9.48. The molecule has 0 atom stereocenters. The smallest absolute Gasteiger partial charge is 0.270 e. The number of rotatable bonds is 3. The summed E-state index contributed by atoms with van der Waals surface area (Å²) in [6.45, 7) is 4.00. The van der Waals surface area contributed by atoms with Gasteiger partial charge in [-0.15, -0.1) is 0 Å². The molecule has 2 radical (unpaired) electrons. The predicted octanol–water partition coefficient (Wildman–Crippen LogP) is 0.930. The Hall–Kier alpha value is -2.57. The number of hydrogen-bond acceptors (Lipinski definition) is 2. The van der Waals surface area contributed by atoms with Gasteiger partial charge in [-0.25, -0.2) is 4.39 Å². The summed E-state index contributed by atoms with van der Waals surface area (Å²) >= 11 is 0. The monoisotopic (exact) mass is 287 g/mol. The van der Waals surface area contributed by atoms with Crippen molar-refractivity contribution in [1.82, 2.24) is 4.68 Å². The minimum absolute atomic E-state index is 0.152. The first-order chi connectivity index (χ1) is 9.97. The Morgan fingerprint density at radius 1 is 1.24 bits per heavy atom. The van der Waals surface area contributed by atoms with Crippen LogP contribution in [0.3, 0.4) is 0 Å². The summed E-state index contributed by atoms with van der Waals surface area (Å²) in [5.41, 5.74) is 8.09. The molecule has 1 aromatic heterocycles. The van der Waals surface area contributed by atoms with Gasteiger partial charge in [-0.05, 0) is 12.1 Å². The van der Waals surface area contributed by atoms with E-state index in [9.17, 15) is 14.0 Å². The molecule has 2 aromatic rings. The molecule has 1 heterocycles. The largest absolute Gasteiger partial charge is 0.364 e. The molecule has 0 fully saturated rings. The number of amides is 2. The number of benzene rings is 1. The fourth-order valence-corrected chi connectivity index (χ4v) is 1.52. The van der Waals surface area contributed by atoms with Crippen molar-refractivity contribution in [3.05, 3.63) is 53.6 Å². The third-order valence-electron chi connectivity index (χ3n) is 2.43. The Kier molecular flexibility index (Phi) is 5.72. The average Bonchev–Trinajstić information content (AvgIpc) is 2.82. The summed E-state index contributed by atoms with van der Waals surface area (Å²) in [6.07, 6.45) is 0.954. The summed E-state index contributed by atoms with van der Waals surface area (Å²) in [5, 5.41) is 0. The number of nitrogens with two attached hydrogens (primary N) is 1. The van der Waals surface area contributed by atoms with Crippen LogP contribution in [0.2, 0.25) is 0 Å². The maximum Gasteiger partial charge on any atom is 0.270 e. The molecule has 1 aromatic carbocycles. The number of carbonyl (C=O) groups is 2. The molecule has 2 rings (SSSR count). The van der Waals surface area contributed by atoms with E-state index in [1.165, 1.54) is 12.1 Å². The van der Waals surface area contributed by atoms with Crippen molar-refractivity contribution in [2.45, 2.75) is 13.8 Å². The zero-order valence-corrected chi connectivity index (χ0v) is 11.8. The summed E-state index contributed by atoms with van der Waals surface area (Å²) in [4.78, 5) is 22.9. The van der Waals surface area contributed by atoms with E-state index in [-0.39, 0.29) is 5.69 Å². The van der Waals surface area contributed by atoms with Crippen molar-refractivity contribution in [1.29, 1.82) is 0 Å². The number of primary amides is 1. The third-order valence-corrected chi connectivity index (χ3v) is 2.43. The van der Waals surface area contributed by atoms with Crippen molar-refractivity contribution in [2.75, 3.05) is 5.43 Å². The van der Waals surface area contributed by atoms with Crippen LogP contribution in [0.1, 0.15) is 34.7 Å². The van der Waals surface area contributed by atoms with Gasteiger partial charge in [-0.2, -0.15) is 0 Å². The van der Waals surface area contributed by atoms with Gasteiger partial charge in [0.05, 0.1) is 6.20 Å². The number of aromatic nitrogens is 1. The van der Waals surface area contributed by atoms with E-state index in [0.717, 1.165) is 16.9 Å². The Labute approximate surface area is 123 Å².